The minimum atomic E-state index is -4.73. The molecule has 0 spiro atoms. The number of alkyl halides is 3. The molecule has 0 radical (unpaired) electrons. The van der Waals surface area contributed by atoms with Crippen LogP contribution in [0.25, 0.3) is 0 Å². The highest BCUT2D eigenvalue weighted by Crippen LogP contribution is 2.36. The topological polar surface area (TPSA) is 160 Å². The van der Waals surface area contributed by atoms with Crippen LogP contribution in [0.15, 0.2) is 42.7 Å². The Bertz CT molecular complexity index is 2090. The number of nitrogens with one attached hydrogen (secondary N) is 2. The molecular formula is C38H41F3N10O4. The second-order valence-corrected chi connectivity index (χ2v) is 15.6. The predicted molar refractivity (Wildman–Crippen MR) is 192 cm³/mol. The molecule has 4 fully saturated rings. The molecule has 1 aromatic carbocycles. The van der Waals surface area contributed by atoms with Gasteiger partial charge >= 0.3 is 6.18 Å². The van der Waals surface area contributed by atoms with Gasteiger partial charge in [0.1, 0.15) is 17.4 Å². The number of carbonyl (C=O) groups is 4. The smallest absolute Gasteiger partial charge is 0.353 e. The maximum atomic E-state index is 13.4. The lowest BCUT2D eigenvalue weighted by Crippen LogP contribution is -2.70. The number of nitrogens with zero attached hydrogens (tertiary/aromatic N) is 8. The van der Waals surface area contributed by atoms with E-state index in [1.165, 1.54) is 11.0 Å². The Kier molecular flexibility index (Phi) is 9.16. The number of carbonyl (C=O) groups excluding carboxylic acids is 4. The monoisotopic (exact) mass is 758 g/mol. The molecule has 4 amide bonds. The first-order valence-corrected chi connectivity index (χ1v) is 18.5. The summed E-state index contributed by atoms with van der Waals surface area (Å²) in [6, 6.07) is 8.58. The second-order valence-electron chi connectivity index (χ2n) is 15.6. The fraction of sp³-hybridized carbons (Fsp3) is 0.500. The first-order valence-electron chi connectivity index (χ1n) is 18.5. The van der Waals surface area contributed by atoms with E-state index in [4.69, 9.17) is 10.2 Å². The zero-order chi connectivity index (χ0) is 38.8. The number of anilines is 2. The van der Waals surface area contributed by atoms with E-state index in [0.717, 1.165) is 75.6 Å². The standard InChI is InChI=1S/C38H41F3N10O4/c1-37(2,36(55)44-25-4-3-23(14-42)29(13-25)38(39,40)41)51-16-24(15-43-51)22-9-11-47(12-10-22)26-17-48(18-26)27-19-49(20-27)32-7-5-28-30(45-32)21-50(35(28)54)31-6-8-33(52)46-34(31)53/h3-5,7,13,15-16,22,26-27,31H,6,8-12,17-21H2,1-2H3,(H,44,55)(H,46,52,53). The molecule has 1 atom stereocenters. The van der Waals surface area contributed by atoms with Gasteiger partial charge < -0.3 is 15.1 Å². The average Bonchev–Trinajstić information content (AvgIpc) is 3.74. The van der Waals surface area contributed by atoms with E-state index in [1.54, 1.807) is 36.9 Å². The van der Waals surface area contributed by atoms with Gasteiger partial charge in [-0.05, 0) is 88.0 Å². The lowest BCUT2D eigenvalue weighted by atomic mass is 9.89. The molecule has 55 heavy (non-hydrogen) atoms. The van der Waals surface area contributed by atoms with Gasteiger partial charge in [-0.1, -0.05) is 0 Å². The van der Waals surface area contributed by atoms with Crippen molar-refractivity contribution in [3.8, 4) is 6.07 Å². The third kappa shape index (κ3) is 6.82. The quantitative estimate of drug-likeness (QED) is 0.327. The molecular weight excluding hydrogens is 717 g/mol. The van der Waals surface area contributed by atoms with Crippen molar-refractivity contribution in [3.05, 3.63) is 70.7 Å². The van der Waals surface area contributed by atoms with Crippen LogP contribution < -0.4 is 15.5 Å². The number of hydrogen-bond donors (Lipinski definition) is 2. The van der Waals surface area contributed by atoms with Gasteiger partial charge in [-0.25, -0.2) is 4.98 Å². The van der Waals surface area contributed by atoms with Crippen molar-refractivity contribution in [3.63, 3.8) is 0 Å². The third-order valence-electron chi connectivity index (χ3n) is 11.9. The van der Waals surface area contributed by atoms with Crippen LogP contribution in [-0.4, -0.2) is 110 Å². The fourth-order valence-electron chi connectivity index (χ4n) is 8.28. The Balaban J connectivity index is 0.789. The van der Waals surface area contributed by atoms with Gasteiger partial charge in [0, 0.05) is 56.6 Å². The summed E-state index contributed by atoms with van der Waals surface area (Å²) in [6.07, 6.45) is 1.33. The summed E-state index contributed by atoms with van der Waals surface area (Å²) in [5.74, 6) is -0.399. The maximum Gasteiger partial charge on any atom is 0.417 e. The van der Waals surface area contributed by atoms with Crippen LogP contribution in [0.2, 0.25) is 0 Å². The Morgan fingerprint density at radius 1 is 0.982 bits per heavy atom. The molecule has 0 aliphatic carbocycles. The molecule has 288 valence electrons. The van der Waals surface area contributed by atoms with Crippen molar-refractivity contribution in [1.29, 1.82) is 5.26 Å². The summed E-state index contributed by atoms with van der Waals surface area (Å²) >= 11 is 0. The molecule has 17 heteroatoms. The molecule has 0 saturated carbocycles. The van der Waals surface area contributed by atoms with Gasteiger partial charge in [0.25, 0.3) is 11.8 Å². The summed E-state index contributed by atoms with van der Waals surface area (Å²) in [5, 5.41) is 18.4. The number of amides is 4. The number of likely N-dealkylation sites (tertiary alicyclic amines) is 2. The van der Waals surface area contributed by atoms with Gasteiger partial charge in [0.2, 0.25) is 11.8 Å². The molecule has 5 aliphatic heterocycles. The Hall–Kier alpha value is -5.34. The second kappa shape index (κ2) is 13.7. The maximum absolute atomic E-state index is 13.4. The zero-order valence-corrected chi connectivity index (χ0v) is 30.5. The molecule has 1 unspecified atom stereocenters. The zero-order valence-electron chi connectivity index (χ0n) is 30.5. The number of pyridine rings is 1. The minimum absolute atomic E-state index is 0.0511. The van der Waals surface area contributed by atoms with E-state index >= 15 is 0 Å². The summed E-state index contributed by atoms with van der Waals surface area (Å²) in [6.45, 7) is 9.17. The predicted octanol–water partition coefficient (Wildman–Crippen LogP) is 3.06. The van der Waals surface area contributed by atoms with Crippen molar-refractivity contribution in [2.24, 2.45) is 0 Å². The summed E-state index contributed by atoms with van der Waals surface area (Å²) in [7, 11) is 0. The van der Waals surface area contributed by atoms with E-state index < -0.39 is 40.7 Å². The molecule has 3 aromatic rings. The summed E-state index contributed by atoms with van der Waals surface area (Å²) in [4.78, 5) is 63.8. The van der Waals surface area contributed by atoms with E-state index in [1.807, 2.05) is 12.3 Å². The van der Waals surface area contributed by atoms with Crippen LogP contribution in [-0.2, 0) is 32.6 Å². The molecule has 5 aliphatic rings. The number of benzene rings is 1. The Morgan fingerprint density at radius 3 is 2.40 bits per heavy atom. The summed E-state index contributed by atoms with van der Waals surface area (Å²) in [5.41, 5.74) is -0.657. The van der Waals surface area contributed by atoms with Crippen LogP contribution in [0.1, 0.15) is 78.2 Å². The summed E-state index contributed by atoms with van der Waals surface area (Å²) < 4.78 is 41.9. The highest BCUT2D eigenvalue weighted by atomic mass is 19.4. The Labute approximate surface area is 315 Å². The third-order valence-corrected chi connectivity index (χ3v) is 11.9. The number of hydrogen-bond acceptors (Lipinski definition) is 10. The van der Waals surface area contributed by atoms with Crippen molar-refractivity contribution in [2.75, 3.05) is 49.5 Å². The first kappa shape index (κ1) is 36.6. The number of aromatic nitrogens is 3. The molecule has 7 heterocycles. The number of fused-ring (bicyclic) bond motifs is 1. The number of halogens is 3. The van der Waals surface area contributed by atoms with Crippen LogP contribution in [0, 0.1) is 11.3 Å². The van der Waals surface area contributed by atoms with E-state index in [-0.39, 0.29) is 36.4 Å². The van der Waals surface area contributed by atoms with Gasteiger partial charge in [-0.15, -0.1) is 0 Å². The fourth-order valence-corrected chi connectivity index (χ4v) is 8.28. The highest BCUT2D eigenvalue weighted by Gasteiger charge is 2.44. The minimum Gasteiger partial charge on any atom is -0.353 e. The van der Waals surface area contributed by atoms with Crippen molar-refractivity contribution < 1.29 is 32.3 Å². The Morgan fingerprint density at radius 2 is 1.71 bits per heavy atom. The molecule has 0 bridgehead atoms. The van der Waals surface area contributed by atoms with Crippen molar-refractivity contribution >= 4 is 35.1 Å². The van der Waals surface area contributed by atoms with E-state index in [0.29, 0.717) is 29.8 Å². The highest BCUT2D eigenvalue weighted by molar-refractivity contribution is 6.05. The lowest BCUT2D eigenvalue weighted by Gasteiger charge is -2.55. The van der Waals surface area contributed by atoms with E-state index in [9.17, 15) is 32.3 Å². The van der Waals surface area contributed by atoms with Crippen molar-refractivity contribution in [1.82, 2.24) is 34.8 Å². The molecule has 4 saturated heterocycles. The van der Waals surface area contributed by atoms with Crippen LogP contribution in [0.3, 0.4) is 0 Å². The first-order chi connectivity index (χ1) is 26.2. The lowest BCUT2D eigenvalue weighted by molar-refractivity contribution is -0.138. The van der Waals surface area contributed by atoms with Gasteiger partial charge in [0.05, 0.1) is 41.2 Å². The SMILES string of the molecule is CC(C)(C(=O)Nc1ccc(C#N)c(C(F)(F)F)c1)n1cc(C2CCN(C3CN(C4CN(c5ccc6c(n5)CN(C5CCC(=O)NC5=O)C6=O)C4)C3)CC2)cn1. The largest absolute Gasteiger partial charge is 0.417 e. The number of piperidine rings is 2. The van der Waals surface area contributed by atoms with Crippen LogP contribution >= 0.6 is 0 Å². The normalized spacial score (nSPS) is 21.9. The van der Waals surface area contributed by atoms with E-state index in [2.05, 4.69) is 30.4 Å². The number of imide groups is 1. The molecule has 2 N–H and O–H groups in total. The molecule has 8 rings (SSSR count). The van der Waals surface area contributed by atoms with Crippen LogP contribution in [0.5, 0.6) is 0 Å². The van der Waals surface area contributed by atoms with Gasteiger partial charge in [-0.3, -0.25) is 39.0 Å². The number of rotatable bonds is 8. The number of nitriles is 1. The molecule has 2 aromatic heterocycles. The van der Waals surface area contributed by atoms with Gasteiger partial charge in [-0.2, -0.15) is 23.5 Å². The van der Waals surface area contributed by atoms with Crippen LogP contribution in [0.4, 0.5) is 24.7 Å². The molecule has 14 nitrogen and oxygen atoms in total. The van der Waals surface area contributed by atoms with Crippen molar-refractivity contribution in [2.45, 2.75) is 81.8 Å². The van der Waals surface area contributed by atoms with Gasteiger partial charge in [0.15, 0.2) is 0 Å². The average molecular weight is 759 g/mol.